The van der Waals surface area contributed by atoms with E-state index < -0.39 is 5.92 Å². The number of allylic oxidation sites excluding steroid dienone is 2. The van der Waals surface area contributed by atoms with Gasteiger partial charge in [0.2, 0.25) is 0 Å². The number of nitrogens with zero attached hydrogens (tertiary/aromatic N) is 1. The highest BCUT2D eigenvalue weighted by atomic mass is 79.9. The van der Waals surface area contributed by atoms with Gasteiger partial charge in [-0.05, 0) is 31.5 Å². The van der Waals surface area contributed by atoms with E-state index in [-0.39, 0.29) is 11.7 Å². The molecule has 1 N–H and O–H groups in total. The van der Waals surface area contributed by atoms with Crippen molar-refractivity contribution in [2.24, 2.45) is 5.92 Å². The van der Waals surface area contributed by atoms with E-state index in [4.69, 9.17) is 12.2 Å². The van der Waals surface area contributed by atoms with Gasteiger partial charge >= 0.3 is 0 Å². The lowest BCUT2D eigenvalue weighted by atomic mass is 9.76. The molecule has 2 atom stereocenters. The average molecular weight is 349 g/mol. The van der Waals surface area contributed by atoms with Gasteiger partial charge < -0.3 is 5.32 Å². The number of rotatable bonds is 2. The minimum absolute atomic E-state index is 0.0364. The van der Waals surface area contributed by atoms with E-state index in [1.165, 1.54) is 6.92 Å². The Morgan fingerprint density at radius 1 is 1.40 bits per heavy atom. The molecule has 0 spiro atoms. The predicted octanol–water partition coefficient (Wildman–Crippen LogP) is 3.47. The maximum Gasteiger partial charge on any atom is 0.158 e. The van der Waals surface area contributed by atoms with Crippen molar-refractivity contribution in [1.29, 1.82) is 5.26 Å². The van der Waals surface area contributed by atoms with Crippen LogP contribution in [-0.2, 0) is 4.79 Å². The average Bonchev–Trinajstić information content (AvgIpc) is 2.38. The van der Waals surface area contributed by atoms with Crippen LogP contribution in [0.2, 0.25) is 0 Å². The first kappa shape index (κ1) is 14.9. The number of halogens is 1. The zero-order valence-corrected chi connectivity index (χ0v) is 13.5. The normalized spacial score (nSPS) is 22.2. The predicted molar refractivity (Wildman–Crippen MR) is 85.1 cm³/mol. The first-order valence-corrected chi connectivity index (χ1v) is 7.33. The van der Waals surface area contributed by atoms with Crippen molar-refractivity contribution in [2.75, 3.05) is 0 Å². The summed E-state index contributed by atoms with van der Waals surface area (Å²) in [7, 11) is 0. The standard InChI is InChI=1S/C15H13BrN2OS/c1-8-13(9(2)19)14(12(7-17)15(20)18-8)10-3-5-11(16)6-4-10/h3-6,12,14H,1-2H3,(H,18,20)/t12-,14-/m0/s1. The van der Waals surface area contributed by atoms with Crippen LogP contribution in [0.1, 0.15) is 25.3 Å². The molecular formula is C15H13BrN2OS. The van der Waals surface area contributed by atoms with Gasteiger partial charge in [0.05, 0.1) is 11.1 Å². The van der Waals surface area contributed by atoms with Crippen molar-refractivity contribution in [3.8, 4) is 6.07 Å². The summed E-state index contributed by atoms with van der Waals surface area (Å²) >= 11 is 8.64. The maximum atomic E-state index is 12.0. The van der Waals surface area contributed by atoms with E-state index >= 15 is 0 Å². The Kier molecular flexibility index (Phi) is 4.36. The second-order valence-electron chi connectivity index (χ2n) is 4.72. The Labute approximate surface area is 131 Å². The molecule has 20 heavy (non-hydrogen) atoms. The molecule has 0 saturated carbocycles. The fourth-order valence-corrected chi connectivity index (χ4v) is 3.13. The zero-order chi connectivity index (χ0) is 14.9. The molecule has 3 nitrogen and oxygen atoms in total. The fraction of sp³-hybridized carbons (Fsp3) is 0.267. The van der Waals surface area contributed by atoms with Crippen LogP contribution in [0.3, 0.4) is 0 Å². The van der Waals surface area contributed by atoms with Crippen molar-refractivity contribution >= 4 is 38.9 Å². The van der Waals surface area contributed by atoms with E-state index in [1.807, 2.05) is 31.2 Å². The molecule has 0 unspecified atom stereocenters. The number of nitrogens with one attached hydrogen (secondary N) is 1. The minimum Gasteiger partial charge on any atom is -0.352 e. The van der Waals surface area contributed by atoms with Crippen LogP contribution in [-0.4, -0.2) is 10.8 Å². The highest BCUT2D eigenvalue weighted by molar-refractivity contribution is 9.10. The Morgan fingerprint density at radius 2 is 2.00 bits per heavy atom. The summed E-state index contributed by atoms with van der Waals surface area (Å²) in [4.78, 5) is 12.4. The molecule has 0 fully saturated rings. The first-order chi connectivity index (χ1) is 9.45. The maximum absolute atomic E-state index is 12.0. The van der Waals surface area contributed by atoms with E-state index in [1.54, 1.807) is 0 Å². The third-order valence-corrected chi connectivity index (χ3v) is 4.27. The number of benzene rings is 1. The summed E-state index contributed by atoms with van der Waals surface area (Å²) in [6.45, 7) is 3.34. The Balaban J connectivity index is 2.61. The summed E-state index contributed by atoms with van der Waals surface area (Å²) in [6, 6.07) is 9.87. The van der Waals surface area contributed by atoms with Crippen molar-refractivity contribution in [3.05, 3.63) is 45.6 Å². The van der Waals surface area contributed by atoms with Crippen molar-refractivity contribution < 1.29 is 4.79 Å². The van der Waals surface area contributed by atoms with Crippen LogP contribution in [0.15, 0.2) is 40.0 Å². The molecule has 0 saturated heterocycles. The number of hydrogen-bond acceptors (Lipinski definition) is 3. The Bertz CT molecular complexity index is 643. The third kappa shape index (κ3) is 2.67. The summed E-state index contributed by atoms with van der Waals surface area (Å²) in [6.07, 6.45) is 0. The smallest absolute Gasteiger partial charge is 0.158 e. The number of thiocarbonyl (C=S) groups is 1. The zero-order valence-electron chi connectivity index (χ0n) is 11.1. The van der Waals surface area contributed by atoms with Gasteiger partial charge in [-0.3, -0.25) is 4.79 Å². The van der Waals surface area contributed by atoms with Crippen molar-refractivity contribution in [3.63, 3.8) is 0 Å². The lowest BCUT2D eigenvalue weighted by molar-refractivity contribution is -0.114. The summed E-state index contributed by atoms with van der Waals surface area (Å²) < 4.78 is 0.955. The number of carbonyl (C=O) groups excluding carboxylic acids is 1. The summed E-state index contributed by atoms with van der Waals surface area (Å²) in [5.74, 6) is -0.862. The van der Waals surface area contributed by atoms with Crippen molar-refractivity contribution in [1.82, 2.24) is 5.32 Å². The van der Waals surface area contributed by atoms with Crippen LogP contribution >= 0.6 is 28.1 Å². The molecule has 102 valence electrons. The molecule has 1 aliphatic heterocycles. The van der Waals surface area contributed by atoms with Gasteiger partial charge in [-0.1, -0.05) is 40.3 Å². The molecule has 2 rings (SSSR count). The van der Waals surface area contributed by atoms with Crippen LogP contribution in [0.5, 0.6) is 0 Å². The van der Waals surface area contributed by atoms with Gasteiger partial charge in [0, 0.05) is 21.7 Å². The molecule has 1 aromatic carbocycles. The highest BCUT2D eigenvalue weighted by Gasteiger charge is 2.37. The number of carbonyl (C=O) groups is 1. The van der Waals surface area contributed by atoms with Gasteiger partial charge in [-0.2, -0.15) is 5.26 Å². The SMILES string of the molecule is CC(=O)C1=C(C)NC(=S)[C@@H](C#N)[C@@H]1c1ccc(Br)cc1. The molecule has 1 aromatic rings. The largest absolute Gasteiger partial charge is 0.352 e. The molecule has 0 aliphatic carbocycles. The van der Waals surface area contributed by atoms with Gasteiger partial charge in [0.15, 0.2) is 5.78 Å². The molecular weight excluding hydrogens is 336 g/mol. The van der Waals surface area contributed by atoms with Crippen molar-refractivity contribution in [2.45, 2.75) is 19.8 Å². The number of nitriles is 1. The molecule has 1 heterocycles. The molecule has 0 radical (unpaired) electrons. The molecule has 0 amide bonds. The highest BCUT2D eigenvalue weighted by Crippen LogP contribution is 2.37. The minimum atomic E-state index is -0.520. The Morgan fingerprint density at radius 3 is 2.50 bits per heavy atom. The topological polar surface area (TPSA) is 52.9 Å². The van der Waals surface area contributed by atoms with Gasteiger partial charge in [0.25, 0.3) is 0 Å². The van der Waals surface area contributed by atoms with E-state index in [2.05, 4.69) is 27.3 Å². The first-order valence-electron chi connectivity index (χ1n) is 6.13. The van der Waals surface area contributed by atoms with Crippen LogP contribution in [0.4, 0.5) is 0 Å². The summed E-state index contributed by atoms with van der Waals surface area (Å²) in [5.41, 5.74) is 2.29. The quantitative estimate of drug-likeness (QED) is 0.831. The van der Waals surface area contributed by atoms with Crippen LogP contribution in [0.25, 0.3) is 0 Å². The van der Waals surface area contributed by atoms with E-state index in [0.29, 0.717) is 10.6 Å². The number of Topliss-reactive ketones (excluding diaryl/α,β-unsaturated/α-hetero) is 1. The number of ketones is 1. The second-order valence-corrected chi connectivity index (χ2v) is 6.08. The summed E-state index contributed by atoms with van der Waals surface area (Å²) in [5, 5.41) is 12.4. The molecule has 1 aliphatic rings. The van der Waals surface area contributed by atoms with Gasteiger partial charge in [0.1, 0.15) is 5.92 Å². The van der Waals surface area contributed by atoms with Gasteiger partial charge in [-0.15, -0.1) is 0 Å². The van der Waals surface area contributed by atoms with E-state index in [0.717, 1.165) is 15.7 Å². The molecule has 0 aromatic heterocycles. The monoisotopic (exact) mass is 348 g/mol. The Hall–Kier alpha value is -1.51. The lowest BCUT2D eigenvalue weighted by Gasteiger charge is -2.32. The van der Waals surface area contributed by atoms with Crippen LogP contribution < -0.4 is 5.32 Å². The van der Waals surface area contributed by atoms with Crippen LogP contribution in [0, 0.1) is 17.2 Å². The fourth-order valence-electron chi connectivity index (χ4n) is 2.53. The van der Waals surface area contributed by atoms with Gasteiger partial charge in [-0.25, -0.2) is 0 Å². The lowest BCUT2D eigenvalue weighted by Crippen LogP contribution is -2.39. The van der Waals surface area contributed by atoms with E-state index in [9.17, 15) is 10.1 Å². The number of hydrogen-bond donors (Lipinski definition) is 1. The molecule has 0 bridgehead atoms. The third-order valence-electron chi connectivity index (χ3n) is 3.39. The second kappa shape index (κ2) is 5.86. The molecule has 5 heteroatoms.